The first kappa shape index (κ1) is 26.8. The summed E-state index contributed by atoms with van der Waals surface area (Å²) in [5.74, 6) is -0.781. The molecule has 4 atom stereocenters. The van der Waals surface area contributed by atoms with Crippen LogP contribution in [0.15, 0.2) is 35.6 Å². The molecule has 0 saturated heterocycles. The van der Waals surface area contributed by atoms with Crippen molar-refractivity contribution in [3.05, 3.63) is 47.7 Å². The maximum Gasteiger partial charge on any atom is 0.275 e. The summed E-state index contributed by atoms with van der Waals surface area (Å²) in [4.78, 5) is 25.7. The van der Waals surface area contributed by atoms with Crippen molar-refractivity contribution in [1.29, 1.82) is 0 Å². The largest absolute Gasteiger partial charge is 0.471 e. The summed E-state index contributed by atoms with van der Waals surface area (Å²) in [6, 6.07) is 4.38. The van der Waals surface area contributed by atoms with E-state index in [-0.39, 0.29) is 23.6 Å². The molecule has 0 fully saturated rings. The highest BCUT2D eigenvalue weighted by atomic mass is 32.2. The minimum atomic E-state index is -0.967. The molecular formula is C24H32FN5O4S. The first-order valence-corrected chi connectivity index (χ1v) is 12.0. The van der Waals surface area contributed by atoms with Gasteiger partial charge in [-0.3, -0.25) is 9.79 Å². The van der Waals surface area contributed by atoms with Crippen LogP contribution in [-0.2, 0) is 15.0 Å². The number of aliphatic imine (C=N–C) groups is 1. The fourth-order valence-electron chi connectivity index (χ4n) is 4.16. The van der Waals surface area contributed by atoms with E-state index in [1.165, 1.54) is 36.3 Å². The lowest BCUT2D eigenvalue weighted by Crippen LogP contribution is -2.50. The number of aromatic nitrogens is 2. The van der Waals surface area contributed by atoms with Crippen LogP contribution in [0.25, 0.3) is 0 Å². The normalized spacial score (nSPS) is 25.0. The predicted molar refractivity (Wildman–Crippen MR) is 134 cm³/mol. The van der Waals surface area contributed by atoms with E-state index in [1.54, 1.807) is 20.3 Å². The minimum Gasteiger partial charge on any atom is -0.471 e. The SMILES string of the molecule is COC[C@H](C)Oc1cnc(C(=O)Nc2ccc(F)c([C@@]3(C)N=C(N)S[C@](C)(COC)C3C)c2)cn1. The van der Waals surface area contributed by atoms with E-state index in [4.69, 9.17) is 19.9 Å². The summed E-state index contributed by atoms with van der Waals surface area (Å²) in [5.41, 5.74) is 6.00. The predicted octanol–water partition coefficient (Wildman–Crippen LogP) is 3.60. The Kier molecular flexibility index (Phi) is 8.34. The number of nitrogens with two attached hydrogens (primary N) is 1. The molecule has 11 heteroatoms. The van der Waals surface area contributed by atoms with Gasteiger partial charge in [-0.25, -0.2) is 14.4 Å². The Balaban J connectivity index is 1.83. The van der Waals surface area contributed by atoms with Gasteiger partial charge in [0.2, 0.25) is 5.88 Å². The fourth-order valence-corrected chi connectivity index (χ4v) is 5.46. The van der Waals surface area contributed by atoms with Gasteiger partial charge in [-0.15, -0.1) is 0 Å². The van der Waals surface area contributed by atoms with E-state index in [0.717, 1.165) is 0 Å². The second-order valence-corrected chi connectivity index (χ2v) is 10.5. The van der Waals surface area contributed by atoms with Gasteiger partial charge in [0, 0.05) is 36.1 Å². The van der Waals surface area contributed by atoms with Gasteiger partial charge >= 0.3 is 0 Å². The van der Waals surface area contributed by atoms with Crippen molar-refractivity contribution in [2.45, 2.75) is 44.1 Å². The number of anilines is 1. The number of nitrogens with one attached hydrogen (secondary N) is 1. The van der Waals surface area contributed by atoms with Gasteiger partial charge in [0.05, 0.1) is 31.1 Å². The number of nitrogens with zero attached hydrogens (tertiary/aromatic N) is 3. The lowest BCUT2D eigenvalue weighted by atomic mass is 9.74. The first-order valence-electron chi connectivity index (χ1n) is 11.1. The zero-order chi connectivity index (χ0) is 25.8. The number of benzene rings is 1. The molecule has 3 N–H and O–H groups in total. The molecule has 190 valence electrons. The van der Waals surface area contributed by atoms with E-state index < -0.39 is 22.0 Å². The van der Waals surface area contributed by atoms with Gasteiger partial charge in [0.1, 0.15) is 17.6 Å². The molecule has 1 aliphatic heterocycles. The molecule has 1 aromatic carbocycles. The molecule has 2 heterocycles. The highest BCUT2D eigenvalue weighted by molar-refractivity contribution is 8.15. The Morgan fingerprint density at radius 3 is 2.63 bits per heavy atom. The smallest absolute Gasteiger partial charge is 0.275 e. The van der Waals surface area contributed by atoms with Crippen molar-refractivity contribution in [3.8, 4) is 5.88 Å². The van der Waals surface area contributed by atoms with Crippen molar-refractivity contribution >= 4 is 28.5 Å². The van der Waals surface area contributed by atoms with Crippen LogP contribution in [0.3, 0.4) is 0 Å². The zero-order valence-electron chi connectivity index (χ0n) is 20.8. The maximum atomic E-state index is 15.1. The van der Waals surface area contributed by atoms with Crippen LogP contribution in [0.5, 0.6) is 5.88 Å². The number of carbonyl (C=O) groups excluding carboxylic acids is 1. The summed E-state index contributed by atoms with van der Waals surface area (Å²) >= 11 is 1.42. The highest BCUT2D eigenvalue weighted by Crippen LogP contribution is 2.50. The topological polar surface area (TPSA) is 121 Å². The van der Waals surface area contributed by atoms with Crippen molar-refractivity contribution in [3.63, 3.8) is 0 Å². The Hall–Kier alpha value is -2.76. The van der Waals surface area contributed by atoms with Crippen molar-refractivity contribution in [1.82, 2.24) is 9.97 Å². The van der Waals surface area contributed by atoms with Gasteiger partial charge < -0.3 is 25.3 Å². The number of hydrogen-bond acceptors (Lipinski definition) is 9. The number of amidine groups is 1. The minimum absolute atomic E-state index is 0.0891. The molecule has 0 spiro atoms. The Morgan fingerprint density at radius 1 is 1.26 bits per heavy atom. The maximum absolute atomic E-state index is 15.1. The third kappa shape index (κ3) is 5.91. The van der Waals surface area contributed by atoms with Gasteiger partial charge in [-0.1, -0.05) is 18.7 Å². The van der Waals surface area contributed by atoms with Crippen LogP contribution in [0, 0.1) is 11.7 Å². The van der Waals surface area contributed by atoms with Gasteiger partial charge in [-0.05, 0) is 39.0 Å². The second kappa shape index (κ2) is 10.9. The molecule has 2 aromatic rings. The Morgan fingerprint density at radius 2 is 2.00 bits per heavy atom. The van der Waals surface area contributed by atoms with Gasteiger partial charge in [0.15, 0.2) is 5.17 Å². The quantitative estimate of drug-likeness (QED) is 0.530. The average molecular weight is 506 g/mol. The molecule has 1 aromatic heterocycles. The monoisotopic (exact) mass is 505 g/mol. The van der Waals surface area contributed by atoms with Crippen LogP contribution in [0.1, 0.15) is 43.7 Å². The van der Waals surface area contributed by atoms with Crippen LogP contribution in [0.4, 0.5) is 10.1 Å². The fraction of sp³-hybridized carbons (Fsp3) is 0.500. The van der Waals surface area contributed by atoms with Gasteiger partial charge in [0.25, 0.3) is 5.91 Å². The van der Waals surface area contributed by atoms with Crippen LogP contribution >= 0.6 is 11.8 Å². The average Bonchev–Trinajstić information content (AvgIpc) is 2.79. The van der Waals surface area contributed by atoms with Crippen LogP contribution < -0.4 is 15.8 Å². The molecule has 1 aliphatic rings. The number of methoxy groups -OCH3 is 2. The number of amides is 1. The first-order chi connectivity index (χ1) is 16.5. The number of ether oxygens (including phenoxy) is 3. The van der Waals surface area contributed by atoms with Gasteiger partial charge in [-0.2, -0.15) is 0 Å². The van der Waals surface area contributed by atoms with Crippen LogP contribution in [-0.4, -0.2) is 59.3 Å². The molecule has 0 saturated carbocycles. The molecule has 0 aliphatic carbocycles. The Labute approximate surface area is 209 Å². The number of halogens is 1. The molecular weight excluding hydrogens is 473 g/mol. The van der Waals surface area contributed by atoms with Crippen molar-refractivity contribution in [2.75, 3.05) is 32.8 Å². The standard InChI is InChI=1S/C24H32FN5O4S/c1-14(12-32-5)34-20-11-27-19(10-28-20)21(31)29-16-7-8-18(25)17(9-16)24(4)15(2)23(3,13-33-6)35-22(26)30-24/h7-11,14-15H,12-13H2,1-6H3,(H2,26,30)(H,29,31)/t14-,15?,23+,24-/m0/s1. The summed E-state index contributed by atoms with van der Waals surface area (Å²) in [6.45, 7) is 8.52. The molecule has 35 heavy (non-hydrogen) atoms. The lowest BCUT2D eigenvalue weighted by Gasteiger charge is -2.47. The molecule has 9 nitrogen and oxygen atoms in total. The van der Waals surface area contributed by atoms with Crippen molar-refractivity contribution < 1.29 is 23.4 Å². The van der Waals surface area contributed by atoms with Crippen molar-refractivity contribution in [2.24, 2.45) is 16.6 Å². The third-order valence-electron chi connectivity index (χ3n) is 6.22. The second-order valence-electron chi connectivity index (χ2n) is 8.94. The van der Waals surface area contributed by atoms with E-state index in [9.17, 15) is 4.79 Å². The van der Waals surface area contributed by atoms with E-state index in [1.807, 2.05) is 27.7 Å². The van der Waals surface area contributed by atoms with E-state index in [0.29, 0.717) is 29.6 Å². The highest BCUT2D eigenvalue weighted by Gasteiger charge is 2.50. The molecule has 1 unspecified atom stereocenters. The lowest BCUT2D eigenvalue weighted by molar-refractivity contribution is 0.0885. The summed E-state index contributed by atoms with van der Waals surface area (Å²) in [7, 11) is 3.20. The van der Waals surface area contributed by atoms with Crippen LogP contribution in [0.2, 0.25) is 0 Å². The molecule has 1 amide bonds. The number of rotatable bonds is 9. The summed E-state index contributed by atoms with van der Waals surface area (Å²) in [6.07, 6.45) is 2.47. The Bertz CT molecular complexity index is 1090. The number of thioether (sulfide) groups is 1. The zero-order valence-corrected chi connectivity index (χ0v) is 21.6. The van der Waals surface area contributed by atoms with E-state index >= 15 is 4.39 Å². The molecule has 0 bridgehead atoms. The number of carbonyl (C=O) groups is 1. The summed E-state index contributed by atoms with van der Waals surface area (Å²) < 4.78 is 30.7. The summed E-state index contributed by atoms with van der Waals surface area (Å²) in [5, 5.41) is 3.11. The molecule has 3 rings (SSSR count). The van der Waals surface area contributed by atoms with E-state index in [2.05, 4.69) is 20.3 Å². The number of hydrogen-bond donors (Lipinski definition) is 2. The molecule has 0 radical (unpaired) electrons. The third-order valence-corrected chi connectivity index (χ3v) is 7.46.